The molecule has 0 aliphatic heterocycles. The molecule has 1 aromatic carbocycles. The highest BCUT2D eigenvalue weighted by Gasteiger charge is 2.03. The number of carbonyl (C=O) groups is 1. The molecule has 5 heteroatoms. The number of carbonyl (C=O) groups excluding carboxylic acids is 1. The maximum absolute atomic E-state index is 12.8. The fraction of sp³-hybridized carbons (Fsp3) is 0.154. The second-order valence-electron chi connectivity index (χ2n) is 3.81. The Bertz CT molecular complexity index is 554. The largest absolute Gasteiger partial charge is 0.351 e. The van der Waals surface area contributed by atoms with Gasteiger partial charge >= 0.3 is 0 Å². The van der Waals surface area contributed by atoms with Crippen molar-refractivity contribution < 1.29 is 9.18 Å². The molecule has 0 radical (unpaired) electrons. The van der Waals surface area contributed by atoms with E-state index in [-0.39, 0.29) is 11.7 Å². The molecule has 0 saturated carbocycles. The lowest BCUT2D eigenvalue weighted by molar-refractivity contribution is -0.119. The number of hydrogen-bond donors (Lipinski definition) is 1. The molecule has 0 saturated heterocycles. The molecule has 0 unspecified atom stereocenters. The van der Waals surface area contributed by atoms with Crippen LogP contribution in [0.25, 0.3) is 11.3 Å². The summed E-state index contributed by atoms with van der Waals surface area (Å²) in [5.74, 6) is -0.400. The van der Waals surface area contributed by atoms with E-state index in [9.17, 15) is 9.18 Å². The number of nitrogens with zero attached hydrogens (tertiary/aromatic N) is 2. The summed E-state index contributed by atoms with van der Waals surface area (Å²) in [4.78, 5) is 19.0. The quantitative estimate of drug-likeness (QED) is 0.898. The SMILES string of the molecule is CC(=O)NCc1cc(-c2ccc(F)cc2)ncn1. The number of nitrogens with one attached hydrogen (secondary N) is 1. The highest BCUT2D eigenvalue weighted by atomic mass is 19.1. The van der Waals surface area contributed by atoms with Crippen LogP contribution in [0.1, 0.15) is 12.6 Å². The van der Waals surface area contributed by atoms with Gasteiger partial charge in [0, 0.05) is 12.5 Å². The summed E-state index contributed by atoms with van der Waals surface area (Å²) in [6.45, 7) is 1.80. The monoisotopic (exact) mass is 245 g/mol. The van der Waals surface area contributed by atoms with Gasteiger partial charge in [-0.05, 0) is 30.3 Å². The van der Waals surface area contributed by atoms with Crippen molar-refractivity contribution in [2.45, 2.75) is 13.5 Å². The molecule has 0 fully saturated rings. The number of halogens is 1. The van der Waals surface area contributed by atoms with Crippen LogP contribution in [0.3, 0.4) is 0 Å². The van der Waals surface area contributed by atoms with E-state index in [0.29, 0.717) is 17.9 Å². The summed E-state index contributed by atoms with van der Waals surface area (Å²) in [6.07, 6.45) is 1.43. The molecule has 0 bridgehead atoms. The number of amides is 1. The van der Waals surface area contributed by atoms with Crippen molar-refractivity contribution >= 4 is 5.91 Å². The normalized spacial score (nSPS) is 10.1. The molecular formula is C13H12FN3O. The van der Waals surface area contributed by atoms with E-state index >= 15 is 0 Å². The van der Waals surface area contributed by atoms with Crippen molar-refractivity contribution in [1.29, 1.82) is 0 Å². The first-order chi connectivity index (χ1) is 8.65. The summed E-state index contributed by atoms with van der Waals surface area (Å²) in [5.41, 5.74) is 2.22. The number of aromatic nitrogens is 2. The first-order valence-corrected chi connectivity index (χ1v) is 5.46. The highest BCUT2D eigenvalue weighted by Crippen LogP contribution is 2.17. The van der Waals surface area contributed by atoms with Crippen LogP contribution in [0.2, 0.25) is 0 Å². The van der Waals surface area contributed by atoms with Gasteiger partial charge in [0.25, 0.3) is 0 Å². The van der Waals surface area contributed by atoms with Gasteiger partial charge in [0.1, 0.15) is 12.1 Å². The van der Waals surface area contributed by atoms with Crippen LogP contribution >= 0.6 is 0 Å². The van der Waals surface area contributed by atoms with Gasteiger partial charge in [-0.2, -0.15) is 0 Å². The van der Waals surface area contributed by atoms with Gasteiger partial charge in [0.05, 0.1) is 17.9 Å². The van der Waals surface area contributed by atoms with Crippen molar-refractivity contribution in [1.82, 2.24) is 15.3 Å². The van der Waals surface area contributed by atoms with Gasteiger partial charge in [-0.3, -0.25) is 4.79 Å². The molecule has 1 N–H and O–H groups in total. The second-order valence-corrected chi connectivity index (χ2v) is 3.81. The first kappa shape index (κ1) is 12.2. The third-order valence-electron chi connectivity index (χ3n) is 2.38. The highest BCUT2D eigenvalue weighted by molar-refractivity contribution is 5.72. The minimum absolute atomic E-state index is 0.114. The molecule has 2 rings (SSSR count). The van der Waals surface area contributed by atoms with Crippen molar-refractivity contribution in [3.05, 3.63) is 48.2 Å². The Morgan fingerprint density at radius 3 is 2.67 bits per heavy atom. The topological polar surface area (TPSA) is 54.9 Å². The Morgan fingerprint density at radius 1 is 1.28 bits per heavy atom. The van der Waals surface area contributed by atoms with E-state index in [1.165, 1.54) is 25.4 Å². The average Bonchev–Trinajstić information content (AvgIpc) is 2.37. The van der Waals surface area contributed by atoms with Crippen molar-refractivity contribution in [3.8, 4) is 11.3 Å². The maximum atomic E-state index is 12.8. The second kappa shape index (κ2) is 5.35. The van der Waals surface area contributed by atoms with Crippen LogP contribution in [0.5, 0.6) is 0 Å². The average molecular weight is 245 g/mol. The third-order valence-corrected chi connectivity index (χ3v) is 2.38. The lowest BCUT2D eigenvalue weighted by Crippen LogP contribution is -2.19. The molecule has 1 amide bonds. The van der Waals surface area contributed by atoms with Gasteiger partial charge in [-0.25, -0.2) is 14.4 Å². The molecule has 0 atom stereocenters. The van der Waals surface area contributed by atoms with Crippen molar-refractivity contribution in [2.75, 3.05) is 0 Å². The van der Waals surface area contributed by atoms with Gasteiger partial charge in [-0.1, -0.05) is 0 Å². The Morgan fingerprint density at radius 2 is 2.00 bits per heavy atom. The van der Waals surface area contributed by atoms with Crippen molar-refractivity contribution in [2.24, 2.45) is 0 Å². The summed E-state index contributed by atoms with van der Waals surface area (Å²) >= 11 is 0. The maximum Gasteiger partial charge on any atom is 0.217 e. The van der Waals surface area contributed by atoms with Gasteiger partial charge in [-0.15, -0.1) is 0 Å². The minimum atomic E-state index is -0.286. The van der Waals surface area contributed by atoms with Crippen LogP contribution < -0.4 is 5.32 Å². The lowest BCUT2D eigenvalue weighted by Gasteiger charge is -2.04. The van der Waals surface area contributed by atoms with Gasteiger partial charge in [0.2, 0.25) is 5.91 Å². The Labute approximate surface area is 104 Å². The molecular weight excluding hydrogens is 233 g/mol. The zero-order valence-electron chi connectivity index (χ0n) is 9.85. The molecule has 0 aliphatic carbocycles. The fourth-order valence-corrected chi connectivity index (χ4v) is 1.49. The molecule has 1 aromatic heterocycles. The van der Waals surface area contributed by atoms with Crippen LogP contribution in [-0.4, -0.2) is 15.9 Å². The summed E-state index contributed by atoms with van der Waals surface area (Å²) in [6, 6.07) is 7.83. The summed E-state index contributed by atoms with van der Waals surface area (Å²) in [7, 11) is 0. The number of hydrogen-bond acceptors (Lipinski definition) is 3. The predicted molar refractivity (Wildman–Crippen MR) is 64.9 cm³/mol. The first-order valence-electron chi connectivity index (χ1n) is 5.46. The van der Waals surface area contributed by atoms with Crippen LogP contribution in [-0.2, 0) is 11.3 Å². The zero-order valence-corrected chi connectivity index (χ0v) is 9.85. The van der Waals surface area contributed by atoms with E-state index in [2.05, 4.69) is 15.3 Å². The lowest BCUT2D eigenvalue weighted by atomic mass is 10.1. The van der Waals surface area contributed by atoms with Gasteiger partial charge in [0.15, 0.2) is 0 Å². The minimum Gasteiger partial charge on any atom is -0.351 e. The van der Waals surface area contributed by atoms with Crippen LogP contribution in [0, 0.1) is 5.82 Å². The molecule has 18 heavy (non-hydrogen) atoms. The molecule has 2 aromatic rings. The van der Waals surface area contributed by atoms with Gasteiger partial charge < -0.3 is 5.32 Å². The predicted octanol–water partition coefficient (Wildman–Crippen LogP) is 1.92. The Kier molecular flexibility index (Phi) is 3.62. The van der Waals surface area contributed by atoms with E-state index in [1.54, 1.807) is 18.2 Å². The van der Waals surface area contributed by atoms with E-state index in [4.69, 9.17) is 0 Å². The van der Waals surface area contributed by atoms with E-state index in [1.807, 2.05) is 0 Å². The van der Waals surface area contributed by atoms with E-state index < -0.39 is 0 Å². The molecule has 92 valence electrons. The fourth-order valence-electron chi connectivity index (χ4n) is 1.49. The molecule has 0 spiro atoms. The van der Waals surface area contributed by atoms with Crippen LogP contribution in [0.15, 0.2) is 36.7 Å². The Hall–Kier alpha value is -2.30. The third kappa shape index (κ3) is 3.10. The van der Waals surface area contributed by atoms with Crippen molar-refractivity contribution in [3.63, 3.8) is 0 Å². The molecule has 1 heterocycles. The number of rotatable bonds is 3. The van der Waals surface area contributed by atoms with E-state index in [0.717, 1.165) is 5.56 Å². The summed E-state index contributed by atoms with van der Waals surface area (Å²) in [5, 5.41) is 2.66. The standard InChI is InChI=1S/C13H12FN3O/c1-9(18)15-7-12-6-13(17-8-16-12)10-2-4-11(14)5-3-10/h2-6,8H,7H2,1H3,(H,15,18). The molecule has 0 aliphatic rings. The smallest absolute Gasteiger partial charge is 0.217 e. The molecule has 4 nitrogen and oxygen atoms in total. The zero-order chi connectivity index (χ0) is 13.0. The van der Waals surface area contributed by atoms with Crippen LogP contribution in [0.4, 0.5) is 4.39 Å². The summed E-state index contributed by atoms with van der Waals surface area (Å²) < 4.78 is 12.8. The number of benzene rings is 1. The Balaban J connectivity index is 2.21.